The molecule has 0 saturated carbocycles. The number of nitrogens with one attached hydrogen (secondary N) is 2. The summed E-state index contributed by atoms with van der Waals surface area (Å²) in [6.07, 6.45) is 2.35. The van der Waals surface area contributed by atoms with Gasteiger partial charge >= 0.3 is 6.09 Å². The number of amides is 1. The van der Waals surface area contributed by atoms with Gasteiger partial charge in [-0.3, -0.25) is 0 Å². The molecule has 4 nitrogen and oxygen atoms in total. The van der Waals surface area contributed by atoms with E-state index < -0.39 is 0 Å². The predicted molar refractivity (Wildman–Crippen MR) is 69.1 cm³/mol. The maximum atomic E-state index is 11.5. The third-order valence-corrected chi connectivity index (χ3v) is 2.95. The number of carbonyl (C=O) groups excluding carboxylic acids is 1. The van der Waals surface area contributed by atoms with Gasteiger partial charge in [-0.2, -0.15) is 0 Å². The molecule has 0 bridgehead atoms. The third-order valence-electron chi connectivity index (χ3n) is 2.95. The van der Waals surface area contributed by atoms with Crippen LogP contribution in [0.2, 0.25) is 0 Å². The van der Waals surface area contributed by atoms with Gasteiger partial charge in [0.25, 0.3) is 0 Å². The van der Waals surface area contributed by atoms with E-state index in [-0.39, 0.29) is 23.3 Å². The van der Waals surface area contributed by atoms with Crippen LogP contribution in [0.4, 0.5) is 4.79 Å². The molecular weight excluding hydrogens is 216 g/mol. The van der Waals surface area contributed by atoms with Gasteiger partial charge in [-0.05, 0) is 34.1 Å². The number of rotatable bonds is 3. The van der Waals surface area contributed by atoms with Crippen LogP contribution in [0, 0.1) is 0 Å². The highest BCUT2D eigenvalue weighted by atomic mass is 16.6. The Morgan fingerprint density at radius 3 is 2.29 bits per heavy atom. The standard InChI is InChI=1S/C13H26N2O2/c1-6-7-14-11(16)17-10-8-12(2,3)15-13(4,5)9-10/h10,15H,6-9H2,1-5H3,(H,14,16). The summed E-state index contributed by atoms with van der Waals surface area (Å²) in [5, 5.41) is 6.32. The van der Waals surface area contributed by atoms with Crippen molar-refractivity contribution in [3.63, 3.8) is 0 Å². The SMILES string of the molecule is CCCNC(=O)OC1CC(C)(C)NC(C)(C)C1. The molecule has 0 atom stereocenters. The summed E-state index contributed by atoms with van der Waals surface area (Å²) < 4.78 is 5.47. The van der Waals surface area contributed by atoms with Crippen LogP contribution in [0.25, 0.3) is 0 Å². The number of carbonyl (C=O) groups is 1. The molecule has 17 heavy (non-hydrogen) atoms. The van der Waals surface area contributed by atoms with Crippen LogP contribution >= 0.6 is 0 Å². The molecule has 1 aliphatic rings. The van der Waals surface area contributed by atoms with E-state index in [0.29, 0.717) is 6.54 Å². The number of ether oxygens (including phenoxy) is 1. The van der Waals surface area contributed by atoms with Crippen LogP contribution < -0.4 is 10.6 Å². The molecule has 2 N–H and O–H groups in total. The van der Waals surface area contributed by atoms with Crippen molar-refractivity contribution in [2.75, 3.05) is 6.54 Å². The van der Waals surface area contributed by atoms with Gasteiger partial charge in [-0.15, -0.1) is 0 Å². The molecule has 1 heterocycles. The second kappa shape index (κ2) is 5.25. The molecule has 0 aromatic heterocycles. The lowest BCUT2D eigenvalue weighted by molar-refractivity contribution is 0.0195. The summed E-state index contributed by atoms with van der Waals surface area (Å²) in [4.78, 5) is 11.5. The average Bonchev–Trinajstić information content (AvgIpc) is 2.09. The van der Waals surface area contributed by atoms with Crippen LogP contribution in [-0.2, 0) is 4.74 Å². The fraction of sp³-hybridized carbons (Fsp3) is 0.923. The van der Waals surface area contributed by atoms with Gasteiger partial charge in [0.05, 0.1) is 0 Å². The molecule has 0 aromatic carbocycles. The minimum Gasteiger partial charge on any atom is -0.446 e. The van der Waals surface area contributed by atoms with Crippen molar-refractivity contribution in [2.24, 2.45) is 0 Å². The Morgan fingerprint density at radius 1 is 1.29 bits per heavy atom. The molecule has 0 aromatic rings. The highest BCUT2D eigenvalue weighted by Gasteiger charge is 2.39. The first kappa shape index (κ1) is 14.3. The molecule has 0 aliphatic carbocycles. The Bertz CT molecular complexity index is 259. The van der Waals surface area contributed by atoms with Crippen molar-refractivity contribution < 1.29 is 9.53 Å². The number of alkyl carbamates (subject to hydrolysis) is 1. The second-order valence-corrected chi connectivity index (χ2v) is 6.26. The molecule has 1 aliphatic heterocycles. The first-order valence-electron chi connectivity index (χ1n) is 6.48. The van der Waals surface area contributed by atoms with Gasteiger partial charge in [0, 0.05) is 30.5 Å². The van der Waals surface area contributed by atoms with E-state index >= 15 is 0 Å². The predicted octanol–water partition coefficient (Wildman–Crippen LogP) is 2.43. The second-order valence-electron chi connectivity index (χ2n) is 6.26. The van der Waals surface area contributed by atoms with Crippen molar-refractivity contribution in [3.8, 4) is 0 Å². The van der Waals surface area contributed by atoms with E-state index in [1.54, 1.807) is 0 Å². The minimum atomic E-state index is -0.287. The quantitative estimate of drug-likeness (QED) is 0.799. The first-order chi connectivity index (χ1) is 7.74. The van der Waals surface area contributed by atoms with Crippen molar-refractivity contribution >= 4 is 6.09 Å². The Balaban J connectivity index is 2.51. The monoisotopic (exact) mass is 242 g/mol. The lowest BCUT2D eigenvalue weighted by atomic mass is 9.81. The van der Waals surface area contributed by atoms with Crippen molar-refractivity contribution in [1.82, 2.24) is 10.6 Å². The minimum absolute atomic E-state index is 0.00175. The number of piperidine rings is 1. The Labute approximate surface area is 104 Å². The number of hydrogen-bond donors (Lipinski definition) is 2. The normalized spacial score (nSPS) is 23.1. The fourth-order valence-electron chi connectivity index (χ4n) is 2.73. The Kier molecular flexibility index (Phi) is 4.42. The van der Waals surface area contributed by atoms with Crippen LogP contribution in [0.1, 0.15) is 53.9 Å². The smallest absolute Gasteiger partial charge is 0.407 e. The molecule has 0 radical (unpaired) electrons. The van der Waals surface area contributed by atoms with Crippen LogP contribution in [-0.4, -0.2) is 29.8 Å². The molecular formula is C13H26N2O2. The van der Waals surface area contributed by atoms with Crippen LogP contribution in [0.3, 0.4) is 0 Å². The van der Waals surface area contributed by atoms with E-state index in [9.17, 15) is 4.79 Å². The first-order valence-corrected chi connectivity index (χ1v) is 6.48. The van der Waals surface area contributed by atoms with Crippen molar-refractivity contribution in [2.45, 2.75) is 71.1 Å². The molecule has 1 rings (SSSR count). The van der Waals surface area contributed by atoms with Gasteiger partial charge in [0.15, 0.2) is 0 Å². The van der Waals surface area contributed by atoms with Crippen molar-refractivity contribution in [3.05, 3.63) is 0 Å². The lowest BCUT2D eigenvalue weighted by Gasteiger charge is -2.45. The zero-order valence-electron chi connectivity index (χ0n) is 11.7. The topological polar surface area (TPSA) is 50.4 Å². The maximum absolute atomic E-state index is 11.5. The number of hydrogen-bond acceptors (Lipinski definition) is 3. The maximum Gasteiger partial charge on any atom is 0.407 e. The molecule has 0 unspecified atom stereocenters. The fourth-order valence-corrected chi connectivity index (χ4v) is 2.73. The largest absolute Gasteiger partial charge is 0.446 e. The molecule has 1 saturated heterocycles. The Morgan fingerprint density at radius 2 is 1.82 bits per heavy atom. The average molecular weight is 242 g/mol. The summed E-state index contributed by atoms with van der Waals surface area (Å²) in [5.74, 6) is 0. The summed E-state index contributed by atoms with van der Waals surface area (Å²) >= 11 is 0. The summed E-state index contributed by atoms with van der Waals surface area (Å²) in [6, 6.07) is 0. The third kappa shape index (κ3) is 4.94. The zero-order valence-corrected chi connectivity index (χ0v) is 11.7. The highest BCUT2D eigenvalue weighted by Crippen LogP contribution is 2.30. The summed E-state index contributed by atoms with van der Waals surface area (Å²) in [6.45, 7) is 11.3. The van der Waals surface area contributed by atoms with Gasteiger partial charge < -0.3 is 15.4 Å². The van der Waals surface area contributed by atoms with Gasteiger partial charge in [0.2, 0.25) is 0 Å². The molecule has 1 amide bonds. The molecule has 100 valence electrons. The van der Waals surface area contributed by atoms with Gasteiger partial charge in [-0.25, -0.2) is 4.79 Å². The highest BCUT2D eigenvalue weighted by molar-refractivity contribution is 5.67. The molecule has 0 spiro atoms. The van der Waals surface area contributed by atoms with E-state index in [4.69, 9.17) is 4.74 Å². The summed E-state index contributed by atoms with van der Waals surface area (Å²) in [7, 11) is 0. The summed E-state index contributed by atoms with van der Waals surface area (Å²) in [5.41, 5.74) is 0.0227. The van der Waals surface area contributed by atoms with Gasteiger partial charge in [0.1, 0.15) is 6.10 Å². The Hall–Kier alpha value is -0.770. The lowest BCUT2D eigenvalue weighted by Crippen LogP contribution is -2.60. The van der Waals surface area contributed by atoms with Crippen LogP contribution in [0.15, 0.2) is 0 Å². The van der Waals surface area contributed by atoms with Crippen LogP contribution in [0.5, 0.6) is 0 Å². The van der Waals surface area contributed by atoms with E-state index in [0.717, 1.165) is 19.3 Å². The zero-order chi connectivity index (χ0) is 13.1. The van der Waals surface area contributed by atoms with E-state index in [1.807, 2.05) is 6.92 Å². The van der Waals surface area contributed by atoms with Gasteiger partial charge in [-0.1, -0.05) is 6.92 Å². The molecule has 4 heteroatoms. The van der Waals surface area contributed by atoms with E-state index in [1.165, 1.54) is 0 Å². The van der Waals surface area contributed by atoms with Crippen molar-refractivity contribution in [1.29, 1.82) is 0 Å². The van der Waals surface area contributed by atoms with E-state index in [2.05, 4.69) is 38.3 Å². The molecule has 1 fully saturated rings.